The molecule has 0 unspecified atom stereocenters. The second kappa shape index (κ2) is 5.93. The number of hydrogen-bond donors (Lipinski definition) is 1. The van der Waals surface area contributed by atoms with Crippen LogP contribution in [0.3, 0.4) is 0 Å². The van der Waals surface area contributed by atoms with Crippen molar-refractivity contribution in [2.45, 2.75) is 26.4 Å². The predicted octanol–water partition coefficient (Wildman–Crippen LogP) is 2.61. The maximum Gasteiger partial charge on any atom is 0.276 e. The Morgan fingerprint density at radius 1 is 1.38 bits per heavy atom. The molecule has 0 radical (unpaired) electrons. The van der Waals surface area contributed by atoms with E-state index in [4.69, 9.17) is 9.51 Å². The van der Waals surface area contributed by atoms with Crippen molar-refractivity contribution in [1.82, 2.24) is 24.7 Å². The lowest BCUT2D eigenvalue weighted by molar-refractivity contribution is 0.241. The molecule has 8 heteroatoms. The van der Waals surface area contributed by atoms with Crippen LogP contribution in [0.4, 0.5) is 0 Å². The molecular weight excluding hydrogens is 350 g/mol. The lowest BCUT2D eigenvalue weighted by Crippen LogP contribution is -2.35. The summed E-state index contributed by atoms with van der Waals surface area (Å²) in [5.74, 6) is 0.724. The minimum Gasteiger partial charge on any atom is -0.361 e. The third kappa shape index (κ3) is 2.58. The van der Waals surface area contributed by atoms with Crippen LogP contribution in [-0.4, -0.2) is 31.2 Å². The lowest BCUT2D eigenvalue weighted by atomic mass is 10.1. The van der Waals surface area contributed by atoms with Gasteiger partial charge in [-0.15, -0.1) is 0 Å². The standard InChI is InChI=1S/C18H17N5O2S/c1-11-6-15(21-25-11)14-7-17-19-16-9-22(8-12-3-5-26-10-12)4-2-13(16)18(24)23(17)20-14/h3,5-7,10,20H,2,4,8-9H2,1H3. The Bertz CT molecular complexity index is 1140. The molecule has 7 nitrogen and oxygen atoms in total. The number of nitrogens with zero attached hydrogens (tertiary/aromatic N) is 4. The summed E-state index contributed by atoms with van der Waals surface area (Å²) >= 11 is 1.71. The van der Waals surface area contributed by atoms with Gasteiger partial charge in [0.15, 0.2) is 5.65 Å². The Kier molecular flexibility index (Phi) is 3.54. The molecule has 4 aromatic heterocycles. The molecule has 1 aliphatic rings. The summed E-state index contributed by atoms with van der Waals surface area (Å²) in [7, 11) is 0. The van der Waals surface area contributed by atoms with Crippen molar-refractivity contribution in [3.63, 3.8) is 0 Å². The Morgan fingerprint density at radius 2 is 2.31 bits per heavy atom. The van der Waals surface area contributed by atoms with Gasteiger partial charge in [-0.1, -0.05) is 5.16 Å². The van der Waals surface area contributed by atoms with Gasteiger partial charge < -0.3 is 4.52 Å². The van der Waals surface area contributed by atoms with Crippen LogP contribution in [-0.2, 0) is 19.5 Å². The minimum atomic E-state index is -0.0216. The third-order valence-electron chi connectivity index (χ3n) is 4.74. The van der Waals surface area contributed by atoms with Gasteiger partial charge in [0, 0.05) is 37.3 Å². The normalized spacial score (nSPS) is 14.8. The predicted molar refractivity (Wildman–Crippen MR) is 98.2 cm³/mol. The number of aryl methyl sites for hydroxylation is 1. The van der Waals surface area contributed by atoms with E-state index in [1.165, 1.54) is 10.1 Å². The zero-order valence-electron chi connectivity index (χ0n) is 14.2. The van der Waals surface area contributed by atoms with Gasteiger partial charge in [0.2, 0.25) is 0 Å². The zero-order chi connectivity index (χ0) is 17.7. The van der Waals surface area contributed by atoms with Crippen molar-refractivity contribution >= 4 is 17.0 Å². The smallest absolute Gasteiger partial charge is 0.276 e. The molecule has 0 saturated carbocycles. The number of aromatic nitrogens is 4. The van der Waals surface area contributed by atoms with E-state index in [0.717, 1.165) is 35.8 Å². The Labute approximate surface area is 152 Å². The molecule has 0 bridgehead atoms. The van der Waals surface area contributed by atoms with E-state index < -0.39 is 0 Å². The SMILES string of the molecule is Cc1cc(-c2cc3nc4c(c(=O)n3[nH]2)CCN(Cc2ccsc2)C4)no1. The number of thiophene rings is 1. The molecule has 1 aliphatic heterocycles. The van der Waals surface area contributed by atoms with Crippen molar-refractivity contribution in [3.8, 4) is 11.4 Å². The van der Waals surface area contributed by atoms with Crippen molar-refractivity contribution < 1.29 is 4.52 Å². The number of nitrogens with one attached hydrogen (secondary N) is 1. The average Bonchev–Trinajstić information content (AvgIpc) is 3.35. The van der Waals surface area contributed by atoms with E-state index in [2.05, 4.69) is 32.0 Å². The molecular formula is C18H17N5O2S. The number of H-pyrrole nitrogens is 1. The number of rotatable bonds is 3. The van der Waals surface area contributed by atoms with Crippen LogP contribution in [0.15, 0.2) is 38.3 Å². The van der Waals surface area contributed by atoms with Crippen molar-refractivity contribution in [1.29, 1.82) is 0 Å². The molecule has 0 saturated heterocycles. The van der Waals surface area contributed by atoms with Gasteiger partial charge >= 0.3 is 0 Å². The van der Waals surface area contributed by atoms with E-state index in [9.17, 15) is 4.79 Å². The molecule has 0 amide bonds. The van der Waals surface area contributed by atoms with Gasteiger partial charge in [-0.3, -0.25) is 14.8 Å². The zero-order valence-corrected chi connectivity index (χ0v) is 15.0. The molecule has 5 rings (SSSR count). The molecule has 4 aromatic rings. The molecule has 0 aliphatic carbocycles. The summed E-state index contributed by atoms with van der Waals surface area (Å²) in [6, 6.07) is 5.82. The van der Waals surface area contributed by atoms with E-state index in [1.54, 1.807) is 11.3 Å². The second-order valence-corrected chi connectivity index (χ2v) is 7.40. The van der Waals surface area contributed by atoms with Crippen LogP contribution in [0.2, 0.25) is 0 Å². The topological polar surface area (TPSA) is 79.4 Å². The molecule has 0 aromatic carbocycles. The Hall–Kier alpha value is -2.71. The highest BCUT2D eigenvalue weighted by Crippen LogP contribution is 2.21. The van der Waals surface area contributed by atoms with E-state index >= 15 is 0 Å². The summed E-state index contributed by atoms with van der Waals surface area (Å²) in [4.78, 5) is 20.0. The van der Waals surface area contributed by atoms with E-state index in [-0.39, 0.29) is 5.56 Å². The van der Waals surface area contributed by atoms with Gasteiger partial charge in [0.05, 0.1) is 11.4 Å². The van der Waals surface area contributed by atoms with Crippen molar-refractivity contribution in [2.24, 2.45) is 0 Å². The minimum absolute atomic E-state index is 0.0216. The summed E-state index contributed by atoms with van der Waals surface area (Å²) in [5, 5.41) is 11.4. The molecule has 26 heavy (non-hydrogen) atoms. The first kappa shape index (κ1) is 15.5. The molecule has 132 valence electrons. The quantitative estimate of drug-likeness (QED) is 0.602. The fourth-order valence-corrected chi connectivity index (χ4v) is 4.11. The third-order valence-corrected chi connectivity index (χ3v) is 5.47. The largest absolute Gasteiger partial charge is 0.361 e. The van der Waals surface area contributed by atoms with Gasteiger partial charge in [-0.2, -0.15) is 11.3 Å². The van der Waals surface area contributed by atoms with Crippen molar-refractivity contribution in [3.05, 3.63) is 61.9 Å². The highest BCUT2D eigenvalue weighted by molar-refractivity contribution is 7.07. The van der Waals surface area contributed by atoms with Crippen molar-refractivity contribution in [2.75, 3.05) is 6.54 Å². The number of hydrogen-bond acceptors (Lipinski definition) is 6. The van der Waals surface area contributed by atoms with Crippen LogP contribution in [0.5, 0.6) is 0 Å². The fourth-order valence-electron chi connectivity index (χ4n) is 3.45. The number of fused-ring (bicyclic) bond motifs is 2. The maximum atomic E-state index is 12.9. The summed E-state index contributed by atoms with van der Waals surface area (Å²) < 4.78 is 6.63. The highest BCUT2D eigenvalue weighted by Gasteiger charge is 2.23. The molecule has 0 fully saturated rings. The first-order chi connectivity index (χ1) is 12.7. The van der Waals surface area contributed by atoms with Gasteiger partial charge in [0.25, 0.3) is 5.56 Å². The average molecular weight is 367 g/mol. The van der Waals surface area contributed by atoms with E-state index in [0.29, 0.717) is 24.3 Å². The maximum absolute atomic E-state index is 12.9. The molecule has 5 heterocycles. The second-order valence-electron chi connectivity index (χ2n) is 6.62. The highest BCUT2D eigenvalue weighted by atomic mass is 32.1. The molecule has 1 N–H and O–H groups in total. The van der Waals surface area contributed by atoms with Gasteiger partial charge in [0.1, 0.15) is 11.5 Å². The van der Waals surface area contributed by atoms with Crippen LogP contribution >= 0.6 is 11.3 Å². The Balaban J connectivity index is 1.52. The monoisotopic (exact) mass is 367 g/mol. The van der Waals surface area contributed by atoms with Crippen LogP contribution in [0.25, 0.3) is 17.0 Å². The molecule has 0 atom stereocenters. The first-order valence-electron chi connectivity index (χ1n) is 8.48. The summed E-state index contributed by atoms with van der Waals surface area (Å²) in [5.41, 5.74) is 4.97. The van der Waals surface area contributed by atoms with Crippen LogP contribution < -0.4 is 5.56 Å². The lowest BCUT2D eigenvalue weighted by Gasteiger charge is -2.27. The number of aromatic amines is 1. The Morgan fingerprint density at radius 3 is 3.08 bits per heavy atom. The fraction of sp³-hybridized carbons (Fsp3) is 0.278. The van der Waals surface area contributed by atoms with Crippen LogP contribution in [0.1, 0.15) is 22.6 Å². The van der Waals surface area contributed by atoms with E-state index in [1.807, 2.05) is 19.1 Å². The summed E-state index contributed by atoms with van der Waals surface area (Å²) in [6.07, 6.45) is 0.714. The van der Waals surface area contributed by atoms with Gasteiger partial charge in [-0.05, 0) is 35.7 Å². The van der Waals surface area contributed by atoms with Gasteiger partial charge in [-0.25, -0.2) is 9.50 Å². The molecule has 0 spiro atoms. The first-order valence-corrected chi connectivity index (χ1v) is 9.42. The van der Waals surface area contributed by atoms with Crippen LogP contribution in [0, 0.1) is 6.92 Å². The summed E-state index contributed by atoms with van der Waals surface area (Å²) in [6.45, 7) is 4.29.